The normalized spacial score (nSPS) is 26.8. The molecule has 0 bridgehead atoms. The maximum atomic E-state index is 13.4. The highest BCUT2D eigenvalue weighted by Gasteiger charge is 2.42. The van der Waals surface area contributed by atoms with Crippen LogP contribution in [0.2, 0.25) is 0 Å². The van der Waals surface area contributed by atoms with Crippen LogP contribution in [0.5, 0.6) is 0 Å². The van der Waals surface area contributed by atoms with Crippen molar-refractivity contribution in [1.29, 1.82) is 0 Å². The lowest BCUT2D eigenvalue weighted by atomic mass is 9.77. The molecule has 0 radical (unpaired) electrons. The number of fused-ring (bicyclic) bond motifs is 2. The van der Waals surface area contributed by atoms with Gasteiger partial charge in [0.25, 0.3) is 5.91 Å². The monoisotopic (exact) mass is 413 g/mol. The fraction of sp³-hybridized carbons (Fsp3) is 0.696. The van der Waals surface area contributed by atoms with Gasteiger partial charge in [0.2, 0.25) is 0 Å². The SMILES string of the molecule is CCCCN1C[C@H]2C[C@H](OC)[C@@H](NC(=O)c3cc(C)nc4c3c(C)nn4C)C[C@H]2C1. The molecule has 1 amide bonds. The molecule has 1 N–H and O–H groups in total. The first-order chi connectivity index (χ1) is 14.4. The van der Waals surface area contributed by atoms with Gasteiger partial charge in [0.05, 0.1) is 28.8 Å². The van der Waals surface area contributed by atoms with Gasteiger partial charge >= 0.3 is 0 Å². The van der Waals surface area contributed by atoms with Crippen LogP contribution in [0.4, 0.5) is 0 Å². The van der Waals surface area contributed by atoms with Crippen molar-refractivity contribution in [2.24, 2.45) is 18.9 Å². The van der Waals surface area contributed by atoms with Gasteiger partial charge < -0.3 is 15.0 Å². The summed E-state index contributed by atoms with van der Waals surface area (Å²) in [6.07, 6.45) is 4.56. The molecular formula is C23H35N5O2. The number of carbonyl (C=O) groups excluding carboxylic acids is 1. The summed E-state index contributed by atoms with van der Waals surface area (Å²) in [7, 11) is 3.64. The van der Waals surface area contributed by atoms with Crippen molar-refractivity contribution in [2.75, 3.05) is 26.7 Å². The minimum Gasteiger partial charge on any atom is -0.379 e. The van der Waals surface area contributed by atoms with Crippen molar-refractivity contribution in [1.82, 2.24) is 25.0 Å². The van der Waals surface area contributed by atoms with Crippen LogP contribution in [-0.4, -0.2) is 64.5 Å². The third-order valence-electron chi connectivity index (χ3n) is 6.98. The Balaban J connectivity index is 1.52. The molecule has 0 unspecified atom stereocenters. The summed E-state index contributed by atoms with van der Waals surface area (Å²) in [5, 5.41) is 8.63. The van der Waals surface area contributed by atoms with E-state index < -0.39 is 0 Å². The zero-order valence-corrected chi connectivity index (χ0v) is 18.9. The summed E-state index contributed by atoms with van der Waals surface area (Å²) in [6, 6.07) is 1.91. The molecule has 2 aliphatic rings. The van der Waals surface area contributed by atoms with Crippen LogP contribution >= 0.6 is 0 Å². The fourth-order valence-corrected chi connectivity index (χ4v) is 5.48. The smallest absolute Gasteiger partial charge is 0.252 e. The molecule has 0 spiro atoms. The fourth-order valence-electron chi connectivity index (χ4n) is 5.48. The van der Waals surface area contributed by atoms with E-state index in [0.29, 0.717) is 17.4 Å². The Morgan fingerprint density at radius 3 is 2.70 bits per heavy atom. The van der Waals surface area contributed by atoms with E-state index in [1.165, 1.54) is 25.9 Å². The Hall–Kier alpha value is -1.99. The van der Waals surface area contributed by atoms with Crippen molar-refractivity contribution in [2.45, 2.75) is 58.6 Å². The Labute approximate surface area is 179 Å². The number of hydrogen-bond donors (Lipinski definition) is 1. The second-order valence-electron chi connectivity index (χ2n) is 9.18. The second kappa shape index (κ2) is 8.63. The van der Waals surface area contributed by atoms with E-state index in [1.807, 2.05) is 27.0 Å². The summed E-state index contributed by atoms with van der Waals surface area (Å²) < 4.78 is 7.59. The molecule has 2 fully saturated rings. The Morgan fingerprint density at radius 1 is 1.27 bits per heavy atom. The number of likely N-dealkylation sites (tertiary alicyclic amines) is 1. The predicted molar refractivity (Wildman–Crippen MR) is 118 cm³/mol. The van der Waals surface area contributed by atoms with Crippen molar-refractivity contribution >= 4 is 16.9 Å². The van der Waals surface area contributed by atoms with Gasteiger partial charge in [0.15, 0.2) is 5.65 Å². The van der Waals surface area contributed by atoms with Crippen LogP contribution < -0.4 is 5.32 Å². The van der Waals surface area contributed by atoms with E-state index in [2.05, 4.69) is 27.2 Å². The number of nitrogens with zero attached hydrogens (tertiary/aromatic N) is 4. The van der Waals surface area contributed by atoms with Crippen LogP contribution in [0, 0.1) is 25.7 Å². The van der Waals surface area contributed by atoms with Crippen LogP contribution in [-0.2, 0) is 11.8 Å². The zero-order chi connectivity index (χ0) is 21.4. The summed E-state index contributed by atoms with van der Waals surface area (Å²) in [6.45, 7) is 9.61. The van der Waals surface area contributed by atoms with Gasteiger partial charge in [-0.1, -0.05) is 13.3 Å². The summed E-state index contributed by atoms with van der Waals surface area (Å²) in [5.41, 5.74) is 3.08. The number of hydrogen-bond acceptors (Lipinski definition) is 5. The number of aromatic nitrogens is 3. The molecule has 1 saturated carbocycles. The first-order valence-corrected chi connectivity index (χ1v) is 11.3. The summed E-state index contributed by atoms with van der Waals surface area (Å²) >= 11 is 0. The molecular weight excluding hydrogens is 378 g/mol. The molecule has 1 aliphatic heterocycles. The van der Waals surface area contributed by atoms with Crippen molar-refractivity contribution < 1.29 is 9.53 Å². The number of amides is 1. The number of methoxy groups -OCH3 is 1. The minimum atomic E-state index is -0.0482. The van der Waals surface area contributed by atoms with E-state index in [9.17, 15) is 4.79 Å². The van der Waals surface area contributed by atoms with Crippen LogP contribution in [0.3, 0.4) is 0 Å². The van der Waals surface area contributed by atoms with Gasteiger partial charge in [0.1, 0.15) is 0 Å². The number of rotatable bonds is 6. The lowest BCUT2D eigenvalue weighted by Gasteiger charge is -2.37. The minimum absolute atomic E-state index is 0.0374. The third-order valence-corrected chi connectivity index (χ3v) is 6.98. The van der Waals surface area contributed by atoms with Crippen LogP contribution in [0.15, 0.2) is 6.07 Å². The van der Waals surface area contributed by atoms with Gasteiger partial charge in [-0.2, -0.15) is 5.10 Å². The highest BCUT2D eigenvalue weighted by atomic mass is 16.5. The molecule has 4 rings (SSSR count). The topological polar surface area (TPSA) is 72.3 Å². The third kappa shape index (κ3) is 3.97. The van der Waals surface area contributed by atoms with E-state index in [0.717, 1.165) is 41.8 Å². The second-order valence-corrected chi connectivity index (χ2v) is 9.18. The van der Waals surface area contributed by atoms with Gasteiger partial charge in [-0.15, -0.1) is 0 Å². The number of ether oxygens (including phenoxy) is 1. The first kappa shape index (κ1) is 21.2. The standard InChI is InChI=1S/C23H35N5O2/c1-6-7-8-28-12-16-10-19(20(30-5)11-17(16)13-28)25-23(29)18-9-14(2)24-22-21(18)15(3)26-27(22)4/h9,16-17,19-20H,6-8,10-13H2,1-5H3,(H,25,29)/t16-,17+,19-,20-/m0/s1. The zero-order valence-electron chi connectivity index (χ0n) is 18.9. The van der Waals surface area contributed by atoms with Crippen LogP contribution in [0.25, 0.3) is 11.0 Å². The molecule has 1 saturated heterocycles. The van der Waals surface area contributed by atoms with Crippen molar-refractivity contribution in [3.63, 3.8) is 0 Å². The predicted octanol–water partition coefficient (Wildman–Crippen LogP) is 2.84. The van der Waals surface area contributed by atoms with Crippen LogP contribution in [0.1, 0.15) is 54.4 Å². The molecule has 7 nitrogen and oxygen atoms in total. The van der Waals surface area contributed by atoms with Crippen molar-refractivity contribution in [3.8, 4) is 0 Å². The Bertz CT molecular complexity index is 924. The van der Waals surface area contributed by atoms with Gasteiger partial charge in [-0.25, -0.2) is 4.98 Å². The highest BCUT2D eigenvalue weighted by molar-refractivity contribution is 6.06. The number of pyridine rings is 1. The van der Waals surface area contributed by atoms with E-state index in [-0.39, 0.29) is 18.1 Å². The highest BCUT2D eigenvalue weighted by Crippen LogP contribution is 2.37. The molecule has 30 heavy (non-hydrogen) atoms. The van der Waals surface area contributed by atoms with Gasteiger partial charge in [-0.3, -0.25) is 9.48 Å². The molecule has 7 heteroatoms. The summed E-state index contributed by atoms with van der Waals surface area (Å²) in [4.78, 5) is 20.5. The summed E-state index contributed by atoms with van der Waals surface area (Å²) in [5.74, 6) is 1.27. The molecule has 4 atom stereocenters. The lowest BCUT2D eigenvalue weighted by molar-refractivity contribution is 0.0125. The molecule has 1 aliphatic carbocycles. The van der Waals surface area contributed by atoms with E-state index in [1.54, 1.807) is 11.8 Å². The van der Waals surface area contributed by atoms with Gasteiger partial charge in [0, 0.05) is 32.9 Å². The quantitative estimate of drug-likeness (QED) is 0.788. The Kier molecular flexibility index (Phi) is 6.11. The van der Waals surface area contributed by atoms with E-state index in [4.69, 9.17) is 4.74 Å². The molecule has 3 heterocycles. The molecule has 164 valence electrons. The number of nitrogens with one attached hydrogen (secondary N) is 1. The average molecular weight is 414 g/mol. The molecule has 0 aromatic carbocycles. The molecule has 2 aromatic heterocycles. The molecule has 2 aromatic rings. The largest absolute Gasteiger partial charge is 0.379 e. The number of unbranched alkanes of at least 4 members (excludes halogenated alkanes) is 1. The van der Waals surface area contributed by atoms with E-state index >= 15 is 0 Å². The Morgan fingerprint density at radius 2 is 2.00 bits per heavy atom. The first-order valence-electron chi connectivity index (χ1n) is 11.3. The average Bonchev–Trinajstić information content (AvgIpc) is 3.24. The number of aryl methyl sites for hydroxylation is 3. The van der Waals surface area contributed by atoms with Gasteiger partial charge in [-0.05, 0) is 57.6 Å². The lowest BCUT2D eigenvalue weighted by Crippen LogP contribution is -2.50. The van der Waals surface area contributed by atoms with Crippen molar-refractivity contribution in [3.05, 3.63) is 23.0 Å². The maximum absolute atomic E-state index is 13.4. The maximum Gasteiger partial charge on any atom is 0.252 e. The number of carbonyl (C=O) groups is 1.